The van der Waals surface area contributed by atoms with Gasteiger partial charge in [0.05, 0.1) is 5.69 Å². The number of fused-ring (bicyclic) bond motifs is 7. The largest absolute Gasteiger partial charge is 0.454 e. The first-order valence-corrected chi connectivity index (χ1v) is 15.3. The van der Waals surface area contributed by atoms with Gasteiger partial charge in [-0.3, -0.25) is 0 Å². The molecule has 0 saturated heterocycles. The van der Waals surface area contributed by atoms with Crippen LogP contribution in [0.25, 0.3) is 64.0 Å². The summed E-state index contributed by atoms with van der Waals surface area (Å²) in [4.78, 5) is 2.35. The van der Waals surface area contributed by atoms with E-state index in [1.807, 2.05) is 23.5 Å². The van der Waals surface area contributed by atoms with Gasteiger partial charge in [-0.2, -0.15) is 0 Å². The van der Waals surface area contributed by atoms with E-state index in [4.69, 9.17) is 4.42 Å². The molecule has 2 aromatic heterocycles. The standard InChI is InChI=1S/C40H25NOS/c1-2-10-27-23-29(20-19-26(27)9-1)28-11-7-12-30(24-28)41(31-21-22-39-35(25-31)33-14-4-6-18-38(33)43-39)36-16-8-15-34-32-13-3-5-17-37(32)42-40(34)36/h1-25H. The van der Waals surface area contributed by atoms with Gasteiger partial charge in [0.1, 0.15) is 5.58 Å². The summed E-state index contributed by atoms with van der Waals surface area (Å²) >= 11 is 1.84. The van der Waals surface area contributed by atoms with Crippen LogP contribution in [0.1, 0.15) is 0 Å². The number of para-hydroxylation sites is 2. The van der Waals surface area contributed by atoms with E-state index < -0.39 is 0 Å². The third-order valence-corrected chi connectivity index (χ3v) is 9.58. The van der Waals surface area contributed by atoms with Gasteiger partial charge in [0, 0.05) is 42.3 Å². The van der Waals surface area contributed by atoms with E-state index in [1.165, 1.54) is 42.1 Å². The van der Waals surface area contributed by atoms with Crippen molar-refractivity contribution in [3.63, 3.8) is 0 Å². The predicted octanol–water partition coefficient (Wildman–Crippen LogP) is 12.2. The number of thiophene rings is 1. The maximum Gasteiger partial charge on any atom is 0.159 e. The summed E-state index contributed by atoms with van der Waals surface area (Å²) < 4.78 is 9.17. The van der Waals surface area contributed by atoms with E-state index in [0.717, 1.165) is 39.0 Å². The summed E-state index contributed by atoms with van der Waals surface area (Å²) in [7, 11) is 0. The molecule has 3 heteroatoms. The van der Waals surface area contributed by atoms with Gasteiger partial charge < -0.3 is 9.32 Å². The third kappa shape index (κ3) is 3.93. The molecule has 9 aromatic rings. The second kappa shape index (κ2) is 9.59. The Bertz CT molecular complexity index is 2480. The zero-order valence-corrected chi connectivity index (χ0v) is 24.0. The fourth-order valence-electron chi connectivity index (χ4n) is 6.38. The first kappa shape index (κ1) is 24.2. The van der Waals surface area contributed by atoms with Gasteiger partial charge in [0.2, 0.25) is 0 Å². The molecular formula is C40H25NOS. The van der Waals surface area contributed by atoms with Gasteiger partial charge in [0.25, 0.3) is 0 Å². The number of hydrogen-bond acceptors (Lipinski definition) is 3. The van der Waals surface area contributed by atoms with Crippen LogP contribution in [0.5, 0.6) is 0 Å². The Morgan fingerprint density at radius 1 is 0.442 bits per heavy atom. The molecule has 2 nitrogen and oxygen atoms in total. The van der Waals surface area contributed by atoms with E-state index >= 15 is 0 Å². The Morgan fingerprint density at radius 2 is 1.16 bits per heavy atom. The molecule has 43 heavy (non-hydrogen) atoms. The molecule has 0 aliphatic rings. The van der Waals surface area contributed by atoms with E-state index in [9.17, 15) is 0 Å². The van der Waals surface area contributed by atoms with Crippen LogP contribution >= 0.6 is 11.3 Å². The van der Waals surface area contributed by atoms with E-state index in [-0.39, 0.29) is 0 Å². The molecule has 0 radical (unpaired) electrons. The SMILES string of the molecule is c1cc(-c2ccc3ccccc3c2)cc(N(c2ccc3sc4ccccc4c3c2)c2cccc3c2oc2ccccc23)c1. The Hall–Kier alpha value is -5.38. The Labute approximate surface area is 252 Å². The summed E-state index contributed by atoms with van der Waals surface area (Å²) in [6, 6.07) is 54.3. The molecule has 0 N–H and O–H groups in total. The first-order valence-electron chi connectivity index (χ1n) is 14.5. The number of benzene rings is 7. The summed E-state index contributed by atoms with van der Waals surface area (Å²) in [5.41, 5.74) is 7.35. The van der Waals surface area contributed by atoms with Crippen LogP contribution in [-0.2, 0) is 0 Å². The molecule has 0 amide bonds. The Balaban J connectivity index is 1.29. The molecule has 0 saturated carbocycles. The summed E-state index contributed by atoms with van der Waals surface area (Å²) in [6.07, 6.45) is 0. The lowest BCUT2D eigenvalue weighted by molar-refractivity contribution is 0.669. The van der Waals surface area contributed by atoms with Crippen LogP contribution in [0.15, 0.2) is 156 Å². The summed E-state index contributed by atoms with van der Waals surface area (Å²) in [6.45, 7) is 0. The average molecular weight is 568 g/mol. The lowest BCUT2D eigenvalue weighted by atomic mass is 10.0. The van der Waals surface area contributed by atoms with Crippen LogP contribution in [0.2, 0.25) is 0 Å². The van der Waals surface area contributed by atoms with Crippen LogP contribution < -0.4 is 4.90 Å². The van der Waals surface area contributed by atoms with Gasteiger partial charge in [0.15, 0.2) is 5.58 Å². The fourth-order valence-corrected chi connectivity index (χ4v) is 7.47. The molecule has 7 aromatic carbocycles. The molecule has 0 aliphatic carbocycles. The highest BCUT2D eigenvalue weighted by molar-refractivity contribution is 7.25. The van der Waals surface area contributed by atoms with E-state index in [0.29, 0.717) is 0 Å². The maximum atomic E-state index is 6.57. The minimum absolute atomic E-state index is 0.884. The number of furan rings is 1. The molecule has 0 atom stereocenters. The second-order valence-corrected chi connectivity index (χ2v) is 12.1. The van der Waals surface area contributed by atoms with Crippen LogP contribution in [0.3, 0.4) is 0 Å². The van der Waals surface area contributed by atoms with Crippen LogP contribution in [0, 0.1) is 0 Å². The molecular weight excluding hydrogens is 543 g/mol. The quantitative estimate of drug-likeness (QED) is 0.210. The molecule has 0 unspecified atom stereocenters. The van der Waals surface area contributed by atoms with Crippen molar-refractivity contribution in [2.24, 2.45) is 0 Å². The highest BCUT2D eigenvalue weighted by Crippen LogP contribution is 2.45. The van der Waals surface area contributed by atoms with Gasteiger partial charge in [-0.15, -0.1) is 11.3 Å². The van der Waals surface area contributed by atoms with Gasteiger partial charge in [-0.05, 0) is 76.5 Å². The molecule has 0 bridgehead atoms. The molecule has 202 valence electrons. The van der Waals surface area contributed by atoms with Crippen molar-refractivity contribution in [2.45, 2.75) is 0 Å². The minimum atomic E-state index is 0.884. The van der Waals surface area contributed by atoms with Crippen molar-refractivity contribution in [2.75, 3.05) is 4.90 Å². The van der Waals surface area contributed by atoms with Gasteiger partial charge in [-0.25, -0.2) is 0 Å². The first-order chi connectivity index (χ1) is 21.3. The zero-order chi connectivity index (χ0) is 28.3. The van der Waals surface area contributed by atoms with Crippen LogP contribution in [-0.4, -0.2) is 0 Å². The molecule has 2 heterocycles. The van der Waals surface area contributed by atoms with Crippen molar-refractivity contribution >= 4 is 81.3 Å². The summed E-state index contributed by atoms with van der Waals surface area (Å²) in [5.74, 6) is 0. The minimum Gasteiger partial charge on any atom is -0.454 e. The average Bonchev–Trinajstić information content (AvgIpc) is 3.64. The smallest absolute Gasteiger partial charge is 0.159 e. The lowest BCUT2D eigenvalue weighted by Gasteiger charge is -2.26. The monoisotopic (exact) mass is 567 g/mol. The van der Waals surface area contributed by atoms with Crippen molar-refractivity contribution < 1.29 is 4.42 Å². The summed E-state index contributed by atoms with van der Waals surface area (Å²) in [5, 5.41) is 7.29. The lowest BCUT2D eigenvalue weighted by Crippen LogP contribution is -2.10. The molecule has 9 rings (SSSR count). The van der Waals surface area contributed by atoms with Gasteiger partial charge >= 0.3 is 0 Å². The number of hydrogen-bond donors (Lipinski definition) is 0. The predicted molar refractivity (Wildman–Crippen MR) is 184 cm³/mol. The molecule has 0 fully saturated rings. The number of rotatable bonds is 4. The zero-order valence-electron chi connectivity index (χ0n) is 23.2. The van der Waals surface area contributed by atoms with Crippen LogP contribution in [0.4, 0.5) is 17.1 Å². The molecule has 0 aliphatic heterocycles. The Kier molecular flexibility index (Phi) is 5.40. The third-order valence-electron chi connectivity index (χ3n) is 8.43. The highest BCUT2D eigenvalue weighted by Gasteiger charge is 2.20. The number of nitrogens with zero attached hydrogens (tertiary/aromatic N) is 1. The Morgan fingerprint density at radius 3 is 2.12 bits per heavy atom. The van der Waals surface area contributed by atoms with Gasteiger partial charge in [-0.1, -0.05) is 97.1 Å². The van der Waals surface area contributed by atoms with E-state index in [1.54, 1.807) is 0 Å². The molecule has 0 spiro atoms. The van der Waals surface area contributed by atoms with Crippen molar-refractivity contribution in [3.05, 3.63) is 152 Å². The topological polar surface area (TPSA) is 16.4 Å². The normalized spacial score (nSPS) is 11.7. The maximum absolute atomic E-state index is 6.57. The van der Waals surface area contributed by atoms with Crippen molar-refractivity contribution in [3.8, 4) is 11.1 Å². The van der Waals surface area contributed by atoms with Crippen molar-refractivity contribution in [1.29, 1.82) is 0 Å². The van der Waals surface area contributed by atoms with E-state index in [2.05, 4.69) is 144 Å². The fraction of sp³-hybridized carbons (Fsp3) is 0. The second-order valence-electron chi connectivity index (χ2n) is 11.0. The highest BCUT2D eigenvalue weighted by atomic mass is 32.1. The number of anilines is 3. The van der Waals surface area contributed by atoms with Crippen molar-refractivity contribution in [1.82, 2.24) is 0 Å².